The number of aromatic nitrogens is 1. The van der Waals surface area contributed by atoms with Crippen molar-refractivity contribution < 1.29 is 39.4 Å². The Hall–Kier alpha value is -2.82. The SMILES string of the molecule is COc1cc(/C=C/C(=O)c2ccccn2)ccc1O[C@@H]1O[C@H](CO)[C@H](O)[C@H](O)[C@H]1O. The van der Waals surface area contributed by atoms with Gasteiger partial charge >= 0.3 is 0 Å². The third-order valence-corrected chi connectivity index (χ3v) is 4.62. The van der Waals surface area contributed by atoms with Gasteiger partial charge in [-0.15, -0.1) is 0 Å². The van der Waals surface area contributed by atoms with Crippen LogP contribution in [0.4, 0.5) is 0 Å². The van der Waals surface area contributed by atoms with Crippen LogP contribution in [0.3, 0.4) is 0 Å². The van der Waals surface area contributed by atoms with Crippen LogP contribution < -0.4 is 9.47 Å². The number of benzene rings is 1. The zero-order valence-corrected chi connectivity index (χ0v) is 16.2. The lowest BCUT2D eigenvalue weighted by Gasteiger charge is -2.39. The number of aliphatic hydroxyl groups excluding tert-OH is 4. The first-order chi connectivity index (χ1) is 14.4. The molecule has 160 valence electrons. The van der Waals surface area contributed by atoms with Gasteiger partial charge in [-0.1, -0.05) is 18.2 Å². The standard InChI is InChI=1S/C21H23NO8/c1-28-16-10-12(5-7-14(24)13-4-2-3-9-22-13)6-8-15(16)29-21-20(27)19(26)18(25)17(11-23)30-21/h2-10,17-21,23,25-27H,11H2,1H3/b7-5+/t17-,18+,19+,20-,21-/m1/s1. The van der Waals surface area contributed by atoms with Crippen molar-refractivity contribution >= 4 is 11.9 Å². The van der Waals surface area contributed by atoms with Gasteiger partial charge in [-0.3, -0.25) is 9.78 Å². The van der Waals surface area contributed by atoms with E-state index in [-0.39, 0.29) is 11.5 Å². The molecule has 2 aromatic rings. The Kier molecular flexibility index (Phi) is 7.14. The molecule has 0 aliphatic carbocycles. The van der Waals surface area contributed by atoms with Gasteiger partial charge in [0.25, 0.3) is 0 Å². The number of carbonyl (C=O) groups excluding carboxylic acids is 1. The summed E-state index contributed by atoms with van der Waals surface area (Å²) in [6, 6.07) is 9.88. The number of hydrogen-bond donors (Lipinski definition) is 4. The van der Waals surface area contributed by atoms with Gasteiger partial charge in [0.2, 0.25) is 12.1 Å². The van der Waals surface area contributed by atoms with Crippen molar-refractivity contribution in [1.29, 1.82) is 0 Å². The molecule has 9 heteroatoms. The summed E-state index contributed by atoms with van der Waals surface area (Å²) in [5.41, 5.74) is 0.973. The molecule has 0 spiro atoms. The van der Waals surface area contributed by atoms with Crippen LogP contribution in [0.5, 0.6) is 11.5 Å². The molecule has 5 atom stereocenters. The lowest BCUT2D eigenvalue weighted by atomic mass is 9.99. The van der Waals surface area contributed by atoms with Crippen molar-refractivity contribution in [3.8, 4) is 11.5 Å². The minimum absolute atomic E-state index is 0.204. The second-order valence-corrected chi connectivity index (χ2v) is 6.64. The van der Waals surface area contributed by atoms with Crippen LogP contribution in [0, 0.1) is 0 Å². The van der Waals surface area contributed by atoms with E-state index >= 15 is 0 Å². The zero-order chi connectivity index (χ0) is 21.7. The molecule has 1 fully saturated rings. The van der Waals surface area contributed by atoms with E-state index in [1.54, 1.807) is 42.5 Å². The Morgan fingerprint density at radius 3 is 2.60 bits per heavy atom. The van der Waals surface area contributed by atoms with Gasteiger partial charge < -0.3 is 34.6 Å². The van der Waals surface area contributed by atoms with Gasteiger partial charge in [0, 0.05) is 6.20 Å². The molecule has 1 aromatic carbocycles. The highest BCUT2D eigenvalue weighted by atomic mass is 16.7. The Balaban J connectivity index is 1.74. The van der Waals surface area contributed by atoms with Crippen LogP contribution in [-0.4, -0.2) is 75.6 Å². The third-order valence-electron chi connectivity index (χ3n) is 4.62. The van der Waals surface area contributed by atoms with E-state index in [1.165, 1.54) is 19.4 Å². The molecule has 1 saturated heterocycles. The summed E-state index contributed by atoms with van der Waals surface area (Å²) in [4.78, 5) is 16.1. The fourth-order valence-electron chi connectivity index (χ4n) is 2.94. The number of rotatable bonds is 7. The number of carbonyl (C=O) groups is 1. The molecule has 1 aromatic heterocycles. The van der Waals surface area contributed by atoms with E-state index in [2.05, 4.69) is 4.98 Å². The fourth-order valence-corrected chi connectivity index (χ4v) is 2.94. The molecule has 30 heavy (non-hydrogen) atoms. The van der Waals surface area contributed by atoms with Gasteiger partial charge in [-0.25, -0.2) is 0 Å². The summed E-state index contributed by atoms with van der Waals surface area (Å²) in [5, 5.41) is 39.1. The number of methoxy groups -OCH3 is 1. The monoisotopic (exact) mass is 417 g/mol. The number of allylic oxidation sites excluding steroid dienone is 1. The molecular formula is C21H23NO8. The molecule has 4 N–H and O–H groups in total. The maximum atomic E-state index is 12.1. The normalized spacial score (nSPS) is 26.5. The van der Waals surface area contributed by atoms with Gasteiger partial charge in [0.05, 0.1) is 13.7 Å². The minimum Gasteiger partial charge on any atom is -0.493 e. The smallest absolute Gasteiger partial charge is 0.229 e. The van der Waals surface area contributed by atoms with Crippen LogP contribution in [0.2, 0.25) is 0 Å². The van der Waals surface area contributed by atoms with Gasteiger partial charge in [-0.05, 0) is 35.9 Å². The number of ketones is 1. The van der Waals surface area contributed by atoms with Crippen molar-refractivity contribution in [2.75, 3.05) is 13.7 Å². The topological polar surface area (TPSA) is 139 Å². The van der Waals surface area contributed by atoms with E-state index in [0.29, 0.717) is 17.0 Å². The molecule has 1 aliphatic heterocycles. The Morgan fingerprint density at radius 2 is 1.93 bits per heavy atom. The average Bonchev–Trinajstić information content (AvgIpc) is 2.78. The molecule has 1 aliphatic rings. The third kappa shape index (κ3) is 4.84. The zero-order valence-electron chi connectivity index (χ0n) is 16.2. The summed E-state index contributed by atoms with van der Waals surface area (Å²) in [7, 11) is 1.42. The van der Waals surface area contributed by atoms with E-state index in [4.69, 9.17) is 14.2 Å². The van der Waals surface area contributed by atoms with Gasteiger partial charge in [0.15, 0.2) is 11.5 Å². The molecule has 0 amide bonds. The highest BCUT2D eigenvalue weighted by molar-refractivity contribution is 6.05. The van der Waals surface area contributed by atoms with Crippen molar-refractivity contribution in [2.45, 2.75) is 30.7 Å². The highest BCUT2D eigenvalue weighted by Crippen LogP contribution is 2.32. The fraction of sp³-hybridized carbons (Fsp3) is 0.333. The summed E-state index contributed by atoms with van der Waals surface area (Å²) < 4.78 is 16.2. The predicted molar refractivity (Wildman–Crippen MR) is 105 cm³/mol. The van der Waals surface area contributed by atoms with Crippen LogP contribution in [0.25, 0.3) is 6.08 Å². The minimum atomic E-state index is -1.55. The average molecular weight is 417 g/mol. The lowest BCUT2D eigenvalue weighted by molar-refractivity contribution is -0.277. The number of nitrogens with zero attached hydrogens (tertiary/aromatic N) is 1. The van der Waals surface area contributed by atoms with Crippen molar-refractivity contribution in [1.82, 2.24) is 4.98 Å². The van der Waals surface area contributed by atoms with Crippen molar-refractivity contribution in [2.24, 2.45) is 0 Å². The van der Waals surface area contributed by atoms with Crippen molar-refractivity contribution in [3.05, 3.63) is 59.9 Å². The molecule has 0 unspecified atom stereocenters. The second kappa shape index (κ2) is 9.79. The lowest BCUT2D eigenvalue weighted by Crippen LogP contribution is -2.60. The van der Waals surface area contributed by atoms with E-state index in [0.717, 1.165) is 0 Å². The van der Waals surface area contributed by atoms with E-state index in [1.807, 2.05) is 0 Å². The number of pyridine rings is 1. The summed E-state index contributed by atoms with van der Waals surface area (Å²) in [5.74, 6) is 0.241. The summed E-state index contributed by atoms with van der Waals surface area (Å²) >= 11 is 0. The van der Waals surface area contributed by atoms with Crippen molar-refractivity contribution in [3.63, 3.8) is 0 Å². The molecule has 0 saturated carbocycles. The molecule has 0 bridgehead atoms. The Morgan fingerprint density at radius 1 is 1.13 bits per heavy atom. The van der Waals surface area contributed by atoms with E-state index < -0.39 is 37.3 Å². The maximum absolute atomic E-state index is 12.1. The first-order valence-electron chi connectivity index (χ1n) is 9.23. The molecule has 3 rings (SSSR count). The first kappa shape index (κ1) is 21.9. The Labute approximate surface area is 172 Å². The first-order valence-corrected chi connectivity index (χ1v) is 9.23. The van der Waals surface area contributed by atoms with Crippen LogP contribution >= 0.6 is 0 Å². The largest absolute Gasteiger partial charge is 0.493 e. The summed E-state index contributed by atoms with van der Waals surface area (Å²) in [6.45, 7) is -0.560. The molecular weight excluding hydrogens is 394 g/mol. The number of ether oxygens (including phenoxy) is 3. The molecule has 0 radical (unpaired) electrons. The van der Waals surface area contributed by atoms with Crippen LogP contribution in [-0.2, 0) is 4.74 Å². The van der Waals surface area contributed by atoms with Crippen LogP contribution in [0.1, 0.15) is 16.1 Å². The maximum Gasteiger partial charge on any atom is 0.229 e. The number of aliphatic hydroxyl groups is 4. The molecule has 9 nitrogen and oxygen atoms in total. The van der Waals surface area contributed by atoms with Crippen LogP contribution in [0.15, 0.2) is 48.7 Å². The second-order valence-electron chi connectivity index (χ2n) is 6.64. The van der Waals surface area contributed by atoms with E-state index in [9.17, 15) is 25.2 Å². The number of hydrogen-bond acceptors (Lipinski definition) is 9. The quantitative estimate of drug-likeness (QED) is 0.367. The Bertz CT molecular complexity index is 886. The predicted octanol–water partition coefficient (Wildman–Crippen LogP) is 0.165. The van der Waals surface area contributed by atoms with Gasteiger partial charge in [-0.2, -0.15) is 0 Å². The summed E-state index contributed by atoms with van der Waals surface area (Å²) in [6.07, 6.45) is -2.46. The van der Waals surface area contributed by atoms with Gasteiger partial charge in [0.1, 0.15) is 30.1 Å². The highest BCUT2D eigenvalue weighted by Gasteiger charge is 2.44. The molecule has 2 heterocycles.